The molecule has 4 N–H and O–H groups in total. The molecule has 15 heteroatoms. The predicted molar refractivity (Wildman–Crippen MR) is 156 cm³/mol. The van der Waals surface area contributed by atoms with Gasteiger partial charge in [-0.3, -0.25) is 28.8 Å². The van der Waals surface area contributed by atoms with Gasteiger partial charge < -0.3 is 40.4 Å². The van der Waals surface area contributed by atoms with Gasteiger partial charge in [0.2, 0.25) is 19.2 Å². The van der Waals surface area contributed by atoms with E-state index < -0.39 is 6.10 Å². The molecule has 0 rings (SSSR count). The van der Waals surface area contributed by atoms with Gasteiger partial charge in [0, 0.05) is 45.7 Å². The summed E-state index contributed by atoms with van der Waals surface area (Å²) in [6.45, 7) is 17.9. The number of amides is 3. The summed E-state index contributed by atoms with van der Waals surface area (Å²) >= 11 is 0. The van der Waals surface area contributed by atoms with Crippen molar-refractivity contribution < 1.29 is 82.7 Å². The third-order valence-corrected chi connectivity index (χ3v) is 4.51. The van der Waals surface area contributed by atoms with E-state index in [4.69, 9.17) is 14.6 Å². The molecule has 14 nitrogen and oxygen atoms in total. The van der Waals surface area contributed by atoms with Crippen LogP contribution in [-0.2, 0) is 43.0 Å². The number of aliphatic hydroxyl groups excluding tert-OH is 1. The molecule has 0 aliphatic rings. The fraction of sp³-hybridized carbons (Fsp3) is 0.643. The summed E-state index contributed by atoms with van der Waals surface area (Å²) in [6, 6.07) is -0.122. The van der Waals surface area contributed by atoms with Crippen molar-refractivity contribution in [2.75, 3.05) is 7.11 Å². The van der Waals surface area contributed by atoms with E-state index in [2.05, 4.69) is 33.8 Å². The smallest absolute Gasteiger partial charge is 0.857 e. The number of ether oxygens (including phenoxy) is 3. The van der Waals surface area contributed by atoms with Crippen molar-refractivity contribution in [2.24, 2.45) is 0 Å². The number of nitrogens with one attached hydrogen (secondary N) is 3. The molecule has 43 heavy (non-hydrogen) atoms. The molecule has 0 spiro atoms. The quantitative estimate of drug-likeness (QED) is 0.0455. The normalized spacial score (nSPS) is 12.0. The number of carbonyl (C=O) groups is 6. The van der Waals surface area contributed by atoms with E-state index in [-0.39, 0.29) is 71.8 Å². The monoisotopic (exact) mass is 629 g/mol. The van der Waals surface area contributed by atoms with Crippen LogP contribution in [0.25, 0.3) is 0 Å². The van der Waals surface area contributed by atoms with Crippen LogP contribution in [0.4, 0.5) is 0 Å². The van der Waals surface area contributed by atoms with Gasteiger partial charge in [-0.05, 0) is 39.3 Å². The molecule has 0 radical (unpaired) electrons. The minimum absolute atomic E-state index is 0. The third-order valence-electron chi connectivity index (χ3n) is 4.51. The van der Waals surface area contributed by atoms with Crippen LogP contribution in [-0.4, -0.2) is 79.8 Å². The van der Waals surface area contributed by atoms with Gasteiger partial charge in [-0.1, -0.05) is 27.0 Å². The Kier molecular flexibility index (Phi) is 50.8. The topological polar surface area (TPSA) is 209 Å². The van der Waals surface area contributed by atoms with Crippen molar-refractivity contribution >= 4 is 37.1 Å². The van der Waals surface area contributed by atoms with E-state index >= 15 is 0 Å². The molecule has 0 aliphatic heterocycles. The van der Waals surface area contributed by atoms with Crippen molar-refractivity contribution in [3.05, 3.63) is 25.6 Å². The number of aliphatic hydroxyl groups is 1. The third kappa shape index (κ3) is 52.3. The van der Waals surface area contributed by atoms with E-state index in [9.17, 15) is 33.9 Å². The molecule has 0 aromatic rings. The van der Waals surface area contributed by atoms with Crippen LogP contribution in [0.2, 0.25) is 0 Å². The summed E-state index contributed by atoms with van der Waals surface area (Å²) in [6.07, 6.45) is 6.48. The number of carbonyl (C=O) groups excluding carboxylic acids is 6. The fourth-order valence-electron chi connectivity index (χ4n) is 2.83. The summed E-state index contributed by atoms with van der Waals surface area (Å²) in [5, 5.41) is 25.2. The van der Waals surface area contributed by atoms with Gasteiger partial charge in [0.25, 0.3) is 0 Å². The minimum atomic E-state index is -0.443. The van der Waals surface area contributed by atoms with E-state index in [1.807, 2.05) is 20.8 Å². The Morgan fingerprint density at radius 3 is 1.60 bits per heavy atom. The second-order valence-electron chi connectivity index (χ2n) is 8.26. The number of hydrogen-bond donors (Lipinski definition) is 4. The summed E-state index contributed by atoms with van der Waals surface area (Å²) in [7, 11) is 0.750. The summed E-state index contributed by atoms with van der Waals surface area (Å²) < 4.78 is 14.2. The average Bonchev–Trinajstić information content (AvgIpc) is 2.90. The van der Waals surface area contributed by atoms with Crippen molar-refractivity contribution in [3.8, 4) is 0 Å². The summed E-state index contributed by atoms with van der Waals surface area (Å²) in [4.78, 5) is 60.8. The zero-order valence-corrected chi connectivity index (χ0v) is 29.3. The maximum Gasteiger partial charge on any atom is 1.00 e. The molecule has 3 amide bonds. The van der Waals surface area contributed by atoms with Gasteiger partial charge in [-0.25, -0.2) is 0 Å². The zero-order valence-electron chi connectivity index (χ0n) is 27.3. The van der Waals surface area contributed by atoms with Gasteiger partial charge in [-0.15, -0.1) is 0 Å². The van der Waals surface area contributed by atoms with Crippen LogP contribution >= 0.6 is 0 Å². The Bertz CT molecular complexity index is 722. The second kappa shape index (κ2) is 41.4. The van der Waals surface area contributed by atoms with Gasteiger partial charge >= 0.3 is 47.5 Å². The molecule has 5 atom stereocenters. The molecule has 0 aliphatic carbocycles. The Morgan fingerprint density at radius 1 is 0.814 bits per heavy atom. The van der Waals surface area contributed by atoms with Crippen LogP contribution in [0.3, 0.4) is 0 Å². The zero-order chi connectivity index (χ0) is 33.9. The second-order valence-corrected chi connectivity index (χ2v) is 8.26. The van der Waals surface area contributed by atoms with Crippen molar-refractivity contribution in [1.29, 1.82) is 0 Å². The van der Waals surface area contributed by atoms with Crippen LogP contribution in [0.15, 0.2) is 25.6 Å². The number of rotatable bonds is 17. The maximum absolute atomic E-state index is 10.7. The number of hydrogen-bond acceptors (Lipinski definition) is 11. The maximum atomic E-state index is 10.7. The molecule has 0 bridgehead atoms. The Labute approximate surface area is 278 Å². The van der Waals surface area contributed by atoms with E-state index in [0.717, 1.165) is 19.8 Å². The molecule has 0 fully saturated rings. The van der Waals surface area contributed by atoms with Crippen LogP contribution in [0.1, 0.15) is 80.6 Å². The molecule has 0 aromatic heterocycles. The molecule has 246 valence electrons. The van der Waals surface area contributed by atoms with Crippen LogP contribution < -0.4 is 50.6 Å². The van der Waals surface area contributed by atoms with Crippen LogP contribution in [0, 0.1) is 0 Å². The first-order valence-electron chi connectivity index (χ1n) is 13.2. The average molecular weight is 630 g/mol. The molecule has 0 saturated carbocycles. The van der Waals surface area contributed by atoms with Gasteiger partial charge in [0.05, 0.1) is 12.4 Å². The molecule has 0 heterocycles. The molecular weight excluding hydrogens is 577 g/mol. The van der Waals surface area contributed by atoms with Crippen LogP contribution in [0.5, 0.6) is 0 Å². The van der Waals surface area contributed by atoms with Crippen molar-refractivity contribution in [3.63, 3.8) is 0 Å². The first-order chi connectivity index (χ1) is 19.8. The molecule has 0 aromatic carbocycles. The van der Waals surface area contributed by atoms with Gasteiger partial charge in [-0.2, -0.15) is 7.11 Å². The first-order valence-corrected chi connectivity index (χ1v) is 13.2. The largest absolute Gasteiger partial charge is 1.00 e. The van der Waals surface area contributed by atoms with Crippen molar-refractivity contribution in [1.82, 2.24) is 16.0 Å². The first kappa shape index (κ1) is 52.8. The van der Waals surface area contributed by atoms with Gasteiger partial charge in [0.15, 0.2) is 0 Å². The molecular formula is C28H52N3NaO11. The summed E-state index contributed by atoms with van der Waals surface area (Å²) in [5.74, 6) is -0.941. The Hall–Kier alpha value is -2.78. The predicted octanol–water partition coefficient (Wildman–Crippen LogP) is -1.99. The molecule has 0 saturated heterocycles. The number of esters is 3. The standard InChI is InChI=1S/C11H21NO4.C9H17NO3.C4H6O2.C3H5NO.CH3O.Na/c1-4-11(15)6-10(12-7-13)5-8(2)16-9(3)14;1-4-9(13-8(3)12)5-7(2)10-6-11;1-3-6-4(2)5;1-2-4-3-5;1-2;/h7-8,10-11,15H,4-6H2,1-3H3,(H,12,13);6-7,9H,4-5H2,1-3H3,(H,10,11);3H,1H2,2H3;2-3H,1H2,(H,4,5);1H3;/q;;;;-1;+1. The van der Waals surface area contributed by atoms with E-state index in [1.165, 1.54) is 27.0 Å². The van der Waals surface area contributed by atoms with E-state index in [0.29, 0.717) is 44.9 Å². The van der Waals surface area contributed by atoms with Crippen molar-refractivity contribution in [2.45, 2.75) is 111 Å². The molecule has 5 unspecified atom stereocenters. The van der Waals surface area contributed by atoms with Gasteiger partial charge in [0.1, 0.15) is 12.2 Å². The Morgan fingerprint density at radius 2 is 1.33 bits per heavy atom. The van der Waals surface area contributed by atoms with E-state index in [1.54, 1.807) is 6.92 Å². The Balaban J connectivity index is -0.000000113. The minimum Gasteiger partial charge on any atom is -0.857 e. The fourth-order valence-corrected chi connectivity index (χ4v) is 2.83. The summed E-state index contributed by atoms with van der Waals surface area (Å²) in [5.41, 5.74) is 0. The SMILES string of the molecule is C=CNC=O.C=COC(C)=O.CCC(CC(C)NC=O)OC(C)=O.CCC(O)CC(CC(C)OC(C)=O)NC=O.C[O-].[Na+].